The fraction of sp³-hybridized carbons (Fsp3) is 0.714. The number of hydrogen-bond donors (Lipinski definition) is 0. The van der Waals surface area contributed by atoms with Crippen LogP contribution in [0.1, 0.15) is 48.5 Å². The lowest BCUT2D eigenvalue weighted by molar-refractivity contribution is -0.0171. The zero-order valence-electron chi connectivity index (χ0n) is 14.2. The summed E-state index contributed by atoms with van der Waals surface area (Å²) in [4.78, 5) is 17.6. The second-order valence-electron chi connectivity index (χ2n) is 7.32. The Hall–Kier alpha value is -1.54. The highest BCUT2D eigenvalue weighted by Crippen LogP contribution is 2.36. The Morgan fingerprint density at radius 1 is 1.23 bits per heavy atom. The van der Waals surface area contributed by atoms with Crippen LogP contribution < -0.4 is 10.3 Å². The summed E-state index contributed by atoms with van der Waals surface area (Å²) >= 11 is 0. The molecule has 1 aliphatic rings. The van der Waals surface area contributed by atoms with Gasteiger partial charge in [-0.2, -0.15) is 0 Å². The van der Waals surface area contributed by atoms with Crippen LogP contribution in [0.25, 0.3) is 0 Å². The van der Waals surface area contributed by atoms with Gasteiger partial charge in [0.1, 0.15) is 5.60 Å². The van der Waals surface area contributed by atoms with E-state index in [0.717, 1.165) is 4.85 Å². The third-order valence-corrected chi connectivity index (χ3v) is 3.66. The van der Waals surface area contributed by atoms with Gasteiger partial charge >= 0.3 is 13.3 Å². The van der Waals surface area contributed by atoms with Gasteiger partial charge in [0.05, 0.1) is 23.6 Å². The van der Waals surface area contributed by atoms with Crippen molar-refractivity contribution in [2.24, 2.45) is 0 Å². The number of carbonyl (C=O) groups excluding carboxylic acids is 1. The van der Waals surface area contributed by atoms with E-state index in [1.165, 1.54) is 12.4 Å². The summed E-state index contributed by atoms with van der Waals surface area (Å²) < 4.78 is 16.9. The van der Waals surface area contributed by atoms with E-state index in [4.69, 9.17) is 18.9 Å². The molecule has 0 aromatic carbocycles. The van der Waals surface area contributed by atoms with Crippen LogP contribution in [0, 0.1) is 0 Å². The van der Waals surface area contributed by atoms with Gasteiger partial charge in [-0.15, -0.1) is 5.10 Å². The molecule has 2 rings (SSSR count). The third kappa shape index (κ3) is 3.62. The standard InChI is InChI=1S/C14H23BN2O5/c1-12(2,3)19-11(18)20-17-9-10(8-16-17)15-21-13(4,5)14(6,7)22-15/h8-9H,1-7H3. The normalized spacial score (nSPS) is 20.0. The third-order valence-electron chi connectivity index (χ3n) is 3.66. The van der Waals surface area contributed by atoms with Crippen LogP contribution in [-0.4, -0.2) is 40.0 Å². The molecule has 22 heavy (non-hydrogen) atoms. The van der Waals surface area contributed by atoms with E-state index in [-0.39, 0.29) is 0 Å². The van der Waals surface area contributed by atoms with Gasteiger partial charge in [-0.25, -0.2) is 4.79 Å². The molecule has 0 atom stereocenters. The molecule has 0 aliphatic carbocycles. The number of ether oxygens (including phenoxy) is 1. The fourth-order valence-corrected chi connectivity index (χ4v) is 1.81. The van der Waals surface area contributed by atoms with Crippen molar-refractivity contribution >= 4 is 18.7 Å². The number of hydrogen-bond acceptors (Lipinski definition) is 6. The molecular formula is C14H23BN2O5. The van der Waals surface area contributed by atoms with Crippen molar-refractivity contribution in [3.8, 4) is 0 Å². The van der Waals surface area contributed by atoms with Crippen LogP contribution in [0.15, 0.2) is 12.4 Å². The molecule has 1 aliphatic heterocycles. The predicted molar refractivity (Wildman–Crippen MR) is 80.8 cm³/mol. The van der Waals surface area contributed by atoms with Gasteiger partial charge in [-0.05, 0) is 48.5 Å². The van der Waals surface area contributed by atoms with Crippen LogP contribution in [0.4, 0.5) is 4.79 Å². The minimum Gasteiger partial charge on any atom is -0.427 e. The molecule has 0 amide bonds. The van der Waals surface area contributed by atoms with Gasteiger partial charge in [0.25, 0.3) is 0 Å². The van der Waals surface area contributed by atoms with Crippen molar-refractivity contribution < 1.29 is 23.7 Å². The topological polar surface area (TPSA) is 71.8 Å². The molecule has 1 saturated heterocycles. The van der Waals surface area contributed by atoms with Crippen molar-refractivity contribution in [2.75, 3.05) is 0 Å². The first-order valence-electron chi connectivity index (χ1n) is 7.21. The summed E-state index contributed by atoms with van der Waals surface area (Å²) in [5.74, 6) is 0. The summed E-state index contributed by atoms with van der Waals surface area (Å²) in [5, 5.41) is 3.96. The van der Waals surface area contributed by atoms with Gasteiger partial charge in [0.2, 0.25) is 0 Å². The molecule has 0 unspecified atom stereocenters. The molecule has 0 bridgehead atoms. The van der Waals surface area contributed by atoms with Gasteiger partial charge in [0.15, 0.2) is 0 Å². The maximum Gasteiger partial charge on any atom is 0.535 e. The molecule has 122 valence electrons. The van der Waals surface area contributed by atoms with Gasteiger partial charge in [-0.1, -0.05) is 4.85 Å². The largest absolute Gasteiger partial charge is 0.535 e. The molecule has 0 N–H and O–H groups in total. The van der Waals surface area contributed by atoms with Crippen molar-refractivity contribution in [1.29, 1.82) is 0 Å². The van der Waals surface area contributed by atoms with Crippen LogP contribution in [-0.2, 0) is 14.0 Å². The average Bonchev–Trinajstić information content (AvgIpc) is 2.79. The Balaban J connectivity index is 2.03. The Labute approximate surface area is 131 Å². The van der Waals surface area contributed by atoms with E-state index in [0.29, 0.717) is 5.46 Å². The number of nitrogens with zero attached hydrogens (tertiary/aromatic N) is 2. The van der Waals surface area contributed by atoms with Gasteiger partial charge < -0.3 is 14.0 Å². The van der Waals surface area contributed by atoms with E-state index in [9.17, 15) is 4.79 Å². The zero-order valence-corrected chi connectivity index (χ0v) is 14.2. The summed E-state index contributed by atoms with van der Waals surface area (Å²) in [5.41, 5.74) is -0.835. The monoisotopic (exact) mass is 310 g/mol. The number of aromatic nitrogens is 2. The van der Waals surface area contributed by atoms with Crippen LogP contribution in [0.2, 0.25) is 0 Å². The van der Waals surface area contributed by atoms with Crippen LogP contribution >= 0.6 is 0 Å². The second kappa shape index (κ2) is 5.28. The number of carbonyl (C=O) groups is 1. The van der Waals surface area contributed by atoms with E-state index in [2.05, 4.69) is 5.10 Å². The minimum atomic E-state index is -0.823. The van der Waals surface area contributed by atoms with Crippen molar-refractivity contribution in [1.82, 2.24) is 9.94 Å². The molecule has 0 saturated carbocycles. The average molecular weight is 310 g/mol. The zero-order chi connectivity index (χ0) is 16.8. The Morgan fingerprint density at radius 3 is 2.27 bits per heavy atom. The highest BCUT2D eigenvalue weighted by Gasteiger charge is 2.52. The summed E-state index contributed by atoms with van der Waals surface area (Å²) in [6, 6.07) is 0. The first-order chi connectivity index (χ1) is 9.90. The summed E-state index contributed by atoms with van der Waals surface area (Å²) in [6.07, 6.45) is 2.24. The van der Waals surface area contributed by atoms with Crippen molar-refractivity contribution in [3.63, 3.8) is 0 Å². The van der Waals surface area contributed by atoms with Crippen molar-refractivity contribution in [2.45, 2.75) is 65.3 Å². The molecule has 0 spiro atoms. The summed E-state index contributed by atoms with van der Waals surface area (Å²) in [7, 11) is -0.555. The maximum atomic E-state index is 11.6. The summed E-state index contributed by atoms with van der Waals surface area (Å²) in [6.45, 7) is 13.1. The minimum absolute atomic E-state index is 0.439. The second-order valence-corrected chi connectivity index (χ2v) is 7.32. The Kier molecular flexibility index (Phi) is 4.04. The molecular weight excluding hydrogens is 287 g/mol. The highest BCUT2D eigenvalue weighted by molar-refractivity contribution is 6.61. The predicted octanol–water partition coefficient (Wildman–Crippen LogP) is 1.55. The quantitative estimate of drug-likeness (QED) is 0.609. The lowest BCUT2D eigenvalue weighted by Crippen LogP contribution is -2.41. The molecule has 2 heterocycles. The molecule has 0 radical (unpaired) electrons. The van der Waals surface area contributed by atoms with Gasteiger partial charge in [0, 0.05) is 5.46 Å². The lowest BCUT2D eigenvalue weighted by atomic mass is 9.82. The lowest BCUT2D eigenvalue weighted by Gasteiger charge is -2.32. The molecule has 1 fully saturated rings. The van der Waals surface area contributed by atoms with E-state index < -0.39 is 30.1 Å². The highest BCUT2D eigenvalue weighted by atomic mass is 16.8. The molecule has 7 nitrogen and oxygen atoms in total. The first-order valence-corrected chi connectivity index (χ1v) is 7.21. The van der Waals surface area contributed by atoms with E-state index in [1.54, 1.807) is 20.8 Å². The molecule has 8 heteroatoms. The Morgan fingerprint density at radius 2 is 1.77 bits per heavy atom. The van der Waals surface area contributed by atoms with E-state index >= 15 is 0 Å². The first kappa shape index (κ1) is 16.8. The van der Waals surface area contributed by atoms with Crippen LogP contribution in [0.3, 0.4) is 0 Å². The molecule has 1 aromatic rings. The molecule has 1 aromatic heterocycles. The smallest absolute Gasteiger partial charge is 0.427 e. The fourth-order valence-electron chi connectivity index (χ4n) is 1.81. The number of rotatable bonds is 2. The SMILES string of the molecule is CC(C)(C)OC(=O)On1cc(B2OC(C)(C)C(C)(C)O2)cn1. The van der Waals surface area contributed by atoms with E-state index in [1.807, 2.05) is 27.7 Å². The van der Waals surface area contributed by atoms with Crippen LogP contribution in [0.5, 0.6) is 0 Å². The van der Waals surface area contributed by atoms with Crippen molar-refractivity contribution in [3.05, 3.63) is 12.4 Å². The van der Waals surface area contributed by atoms with Gasteiger partial charge in [-0.3, -0.25) is 4.84 Å². The Bertz CT molecular complexity index is 546. The maximum absolute atomic E-state index is 11.6.